The monoisotopic (exact) mass is 349 g/mol. The normalized spacial score (nSPS) is 11.9. The van der Waals surface area contributed by atoms with Crippen LogP contribution in [0.1, 0.15) is 10.4 Å². The lowest BCUT2D eigenvalue weighted by Crippen LogP contribution is -2.24. The molecular formula is C14H11N3O4S2. The van der Waals surface area contributed by atoms with Crippen LogP contribution in [0.2, 0.25) is 0 Å². The molecule has 1 aromatic heterocycles. The van der Waals surface area contributed by atoms with Crippen molar-refractivity contribution in [2.45, 2.75) is 6.54 Å². The molecule has 0 atom stereocenters. The fourth-order valence-corrected chi connectivity index (χ4v) is 3.42. The molecule has 0 unspecified atom stereocenters. The minimum Gasteiger partial charge on any atom is -0.258 e. The van der Waals surface area contributed by atoms with E-state index in [1.165, 1.54) is 12.1 Å². The largest absolute Gasteiger partial charge is 0.324 e. The first-order valence-corrected chi connectivity index (χ1v) is 8.62. The van der Waals surface area contributed by atoms with Crippen molar-refractivity contribution in [1.29, 1.82) is 5.26 Å². The van der Waals surface area contributed by atoms with Crippen molar-refractivity contribution < 1.29 is 13.3 Å². The van der Waals surface area contributed by atoms with E-state index in [-0.39, 0.29) is 11.5 Å². The van der Waals surface area contributed by atoms with Crippen LogP contribution in [0.25, 0.3) is 6.08 Å². The van der Waals surface area contributed by atoms with Crippen LogP contribution in [0.4, 0.5) is 5.00 Å². The van der Waals surface area contributed by atoms with E-state index in [1.54, 1.807) is 30.3 Å². The Kier molecular flexibility index (Phi) is 5.23. The lowest BCUT2D eigenvalue weighted by molar-refractivity contribution is -0.380. The molecule has 0 aliphatic carbocycles. The topological polar surface area (TPSA) is 113 Å². The molecule has 0 radical (unpaired) electrons. The second-order valence-electron chi connectivity index (χ2n) is 4.36. The van der Waals surface area contributed by atoms with Crippen LogP contribution in [-0.4, -0.2) is 13.3 Å². The van der Waals surface area contributed by atoms with E-state index in [4.69, 9.17) is 5.26 Å². The predicted molar refractivity (Wildman–Crippen MR) is 86.8 cm³/mol. The molecule has 2 aromatic rings. The Hall–Kier alpha value is -2.54. The van der Waals surface area contributed by atoms with E-state index in [2.05, 4.69) is 4.72 Å². The summed E-state index contributed by atoms with van der Waals surface area (Å²) in [6.45, 7) is 0.0484. The van der Waals surface area contributed by atoms with Crippen molar-refractivity contribution >= 4 is 32.4 Å². The van der Waals surface area contributed by atoms with Gasteiger partial charge in [-0.3, -0.25) is 10.1 Å². The molecule has 0 saturated heterocycles. The summed E-state index contributed by atoms with van der Waals surface area (Å²) in [5.41, 5.74) is 0.750. The van der Waals surface area contributed by atoms with Crippen molar-refractivity contribution in [3.63, 3.8) is 0 Å². The van der Waals surface area contributed by atoms with Gasteiger partial charge < -0.3 is 0 Å². The first-order valence-electron chi connectivity index (χ1n) is 6.32. The third-order valence-electron chi connectivity index (χ3n) is 2.77. The first-order chi connectivity index (χ1) is 10.9. The summed E-state index contributed by atoms with van der Waals surface area (Å²) in [4.78, 5) is 9.88. The molecule has 23 heavy (non-hydrogen) atoms. The minimum absolute atomic E-state index is 0.0484. The van der Waals surface area contributed by atoms with E-state index in [0.717, 1.165) is 23.0 Å². The van der Waals surface area contributed by atoms with Gasteiger partial charge >= 0.3 is 5.00 Å². The molecule has 0 amide bonds. The van der Waals surface area contributed by atoms with Gasteiger partial charge in [0.2, 0.25) is 0 Å². The Morgan fingerprint density at radius 3 is 2.57 bits per heavy atom. The van der Waals surface area contributed by atoms with Gasteiger partial charge in [0.15, 0.2) is 4.91 Å². The standard InChI is InChI=1S/C14H11N3O4S2/c15-9-13(8-12-6-7-14(22-12)17(18)19)23(20,21)16-10-11-4-2-1-3-5-11/h1-8,16H,10H2/b13-8+. The van der Waals surface area contributed by atoms with Gasteiger partial charge in [-0.25, -0.2) is 13.1 Å². The van der Waals surface area contributed by atoms with Gasteiger partial charge in [-0.05, 0) is 17.7 Å². The van der Waals surface area contributed by atoms with Crippen molar-refractivity contribution in [3.8, 4) is 6.07 Å². The SMILES string of the molecule is N#C/C(=C\c1ccc([N+](=O)[O-])s1)S(=O)(=O)NCc1ccccc1. The maximum atomic E-state index is 12.1. The summed E-state index contributed by atoms with van der Waals surface area (Å²) in [5, 5.41) is 19.6. The number of benzene rings is 1. The average Bonchev–Trinajstić information content (AvgIpc) is 3.00. The van der Waals surface area contributed by atoms with Gasteiger partial charge in [0.1, 0.15) is 6.07 Å². The Morgan fingerprint density at radius 1 is 1.30 bits per heavy atom. The number of thiophene rings is 1. The maximum Gasteiger partial charge on any atom is 0.324 e. The molecular weight excluding hydrogens is 338 g/mol. The molecule has 0 aliphatic heterocycles. The molecule has 118 valence electrons. The highest BCUT2D eigenvalue weighted by molar-refractivity contribution is 7.93. The maximum absolute atomic E-state index is 12.1. The van der Waals surface area contributed by atoms with Crippen molar-refractivity contribution in [2.75, 3.05) is 0 Å². The van der Waals surface area contributed by atoms with E-state index in [0.29, 0.717) is 4.88 Å². The predicted octanol–water partition coefficient (Wildman–Crippen LogP) is 2.64. The number of rotatable bonds is 6. The fraction of sp³-hybridized carbons (Fsp3) is 0.0714. The summed E-state index contributed by atoms with van der Waals surface area (Å²) in [6.07, 6.45) is 1.12. The second kappa shape index (κ2) is 7.15. The number of allylic oxidation sites excluding steroid dienone is 1. The zero-order valence-corrected chi connectivity index (χ0v) is 13.3. The number of hydrogen-bond acceptors (Lipinski definition) is 6. The number of nitro groups is 1. The summed E-state index contributed by atoms with van der Waals surface area (Å²) < 4.78 is 26.6. The minimum atomic E-state index is -3.99. The molecule has 0 bridgehead atoms. The molecule has 1 heterocycles. The second-order valence-corrected chi connectivity index (χ2v) is 7.19. The quantitative estimate of drug-likeness (QED) is 0.489. The smallest absolute Gasteiger partial charge is 0.258 e. The first kappa shape index (κ1) is 16.8. The number of nitriles is 1. The zero-order chi connectivity index (χ0) is 16.9. The van der Waals surface area contributed by atoms with Crippen LogP contribution < -0.4 is 4.72 Å². The van der Waals surface area contributed by atoms with E-state index >= 15 is 0 Å². The summed E-state index contributed by atoms with van der Waals surface area (Å²) >= 11 is 0.796. The van der Waals surface area contributed by atoms with Crippen LogP contribution in [-0.2, 0) is 16.6 Å². The van der Waals surface area contributed by atoms with Crippen LogP contribution in [0.3, 0.4) is 0 Å². The fourth-order valence-electron chi connectivity index (χ4n) is 1.67. The van der Waals surface area contributed by atoms with E-state index < -0.39 is 19.9 Å². The van der Waals surface area contributed by atoms with E-state index in [1.807, 2.05) is 6.07 Å². The number of nitrogens with one attached hydrogen (secondary N) is 1. The Balaban J connectivity index is 2.19. The van der Waals surface area contributed by atoms with Gasteiger partial charge in [-0.1, -0.05) is 41.7 Å². The highest BCUT2D eigenvalue weighted by atomic mass is 32.2. The molecule has 0 saturated carbocycles. The highest BCUT2D eigenvalue weighted by Crippen LogP contribution is 2.26. The Bertz CT molecular complexity index is 880. The van der Waals surface area contributed by atoms with Gasteiger partial charge in [0, 0.05) is 17.5 Å². The molecule has 0 spiro atoms. The Labute approximate surface area is 136 Å². The third-order valence-corrected chi connectivity index (χ3v) is 5.07. The summed E-state index contributed by atoms with van der Waals surface area (Å²) in [7, 11) is -3.99. The molecule has 1 aromatic carbocycles. The average molecular weight is 349 g/mol. The molecule has 0 aliphatic rings. The molecule has 1 N–H and O–H groups in total. The molecule has 9 heteroatoms. The summed E-state index contributed by atoms with van der Waals surface area (Å²) in [6, 6.07) is 13.1. The van der Waals surface area contributed by atoms with Crippen LogP contribution in [0.5, 0.6) is 0 Å². The molecule has 0 fully saturated rings. The van der Waals surface area contributed by atoms with Crippen molar-refractivity contribution in [3.05, 3.63) is 67.9 Å². The Morgan fingerprint density at radius 2 is 2.00 bits per heavy atom. The number of sulfonamides is 1. The highest BCUT2D eigenvalue weighted by Gasteiger charge is 2.18. The summed E-state index contributed by atoms with van der Waals surface area (Å²) in [5.74, 6) is 0. The van der Waals surface area contributed by atoms with Crippen LogP contribution >= 0.6 is 11.3 Å². The zero-order valence-electron chi connectivity index (χ0n) is 11.7. The molecule has 7 nitrogen and oxygen atoms in total. The number of nitrogens with zero attached hydrogens (tertiary/aromatic N) is 2. The van der Waals surface area contributed by atoms with E-state index in [9.17, 15) is 18.5 Å². The van der Waals surface area contributed by atoms with Gasteiger partial charge in [-0.15, -0.1) is 0 Å². The van der Waals surface area contributed by atoms with Gasteiger partial charge in [0.25, 0.3) is 10.0 Å². The lowest BCUT2D eigenvalue weighted by atomic mass is 10.2. The van der Waals surface area contributed by atoms with Crippen molar-refractivity contribution in [1.82, 2.24) is 4.72 Å². The van der Waals surface area contributed by atoms with Gasteiger partial charge in [-0.2, -0.15) is 5.26 Å². The van der Waals surface area contributed by atoms with Gasteiger partial charge in [0.05, 0.1) is 4.92 Å². The number of hydrogen-bond donors (Lipinski definition) is 1. The van der Waals surface area contributed by atoms with Crippen LogP contribution in [0.15, 0.2) is 47.4 Å². The molecule has 2 rings (SSSR count). The lowest BCUT2D eigenvalue weighted by Gasteiger charge is -2.05. The van der Waals surface area contributed by atoms with Crippen molar-refractivity contribution in [2.24, 2.45) is 0 Å². The third kappa shape index (κ3) is 4.46. The van der Waals surface area contributed by atoms with Crippen LogP contribution in [0, 0.1) is 21.4 Å².